The first-order valence-corrected chi connectivity index (χ1v) is 10.1. The highest BCUT2D eigenvalue weighted by Gasteiger charge is 2.32. The quantitative estimate of drug-likeness (QED) is 0.498. The van der Waals surface area contributed by atoms with Gasteiger partial charge in [0.25, 0.3) is 0 Å². The van der Waals surface area contributed by atoms with Crippen LogP contribution < -0.4 is 10.1 Å². The van der Waals surface area contributed by atoms with E-state index in [-0.39, 0.29) is 11.8 Å². The fourth-order valence-corrected chi connectivity index (χ4v) is 4.57. The van der Waals surface area contributed by atoms with E-state index in [2.05, 4.69) is 22.0 Å². The zero-order valence-electron chi connectivity index (χ0n) is 15.5. The van der Waals surface area contributed by atoms with E-state index in [9.17, 15) is 4.79 Å². The molecule has 1 amide bonds. The van der Waals surface area contributed by atoms with Crippen LogP contribution in [0.4, 0.5) is 5.82 Å². The number of nitrogens with one attached hydrogen (secondary N) is 1. The average Bonchev–Trinajstić information content (AvgIpc) is 3.35. The van der Waals surface area contributed by atoms with Gasteiger partial charge in [-0.15, -0.1) is 0 Å². The maximum Gasteiger partial charge on any atom is 0.226 e. The van der Waals surface area contributed by atoms with E-state index >= 15 is 0 Å². The van der Waals surface area contributed by atoms with E-state index in [1.807, 2.05) is 54.7 Å². The summed E-state index contributed by atoms with van der Waals surface area (Å²) in [7, 11) is 0. The third-order valence-corrected chi connectivity index (χ3v) is 5.95. The minimum Gasteiger partial charge on any atom is -0.489 e. The van der Waals surface area contributed by atoms with Crippen molar-refractivity contribution in [2.24, 2.45) is 0 Å². The molecule has 1 N–H and O–H groups in total. The Labute approximate surface area is 171 Å². The first-order valence-electron chi connectivity index (χ1n) is 9.31. The molecule has 0 saturated carbocycles. The van der Waals surface area contributed by atoms with Crippen LogP contribution in [0, 0.1) is 0 Å². The van der Waals surface area contributed by atoms with Crippen LogP contribution in [0.2, 0.25) is 0 Å². The summed E-state index contributed by atoms with van der Waals surface area (Å²) in [4.78, 5) is 17.2. The van der Waals surface area contributed by atoms with E-state index in [0.717, 1.165) is 32.2 Å². The number of ether oxygens (including phenoxy) is 1. The lowest BCUT2D eigenvalue weighted by Gasteiger charge is -2.25. The van der Waals surface area contributed by atoms with Gasteiger partial charge < -0.3 is 10.1 Å². The number of nitrogens with zero attached hydrogens (tertiary/aromatic N) is 3. The van der Waals surface area contributed by atoms with Crippen molar-refractivity contribution in [2.75, 3.05) is 11.9 Å². The molecule has 7 heteroatoms. The number of hydrogen-bond acceptors (Lipinski definition) is 5. The molecule has 4 aromatic rings. The van der Waals surface area contributed by atoms with Crippen LogP contribution in [0.3, 0.4) is 0 Å². The minimum absolute atomic E-state index is 0.0520. The molecule has 0 radical (unpaired) electrons. The molecule has 2 aromatic heterocycles. The first kappa shape index (κ1) is 17.6. The molecule has 3 heterocycles. The summed E-state index contributed by atoms with van der Waals surface area (Å²) in [6.45, 7) is 4.12. The highest BCUT2D eigenvalue weighted by atomic mass is 32.1. The standard InChI is InChI=1S/C22H18N4O2S/c1-2-11-28-18-9-5-3-7-14(18)15-12-20(27)25-21-16(15)13-23-26(21)22-24-17-8-4-6-10-19(17)29-22/h2-10,13,15H,1,11-12H2,(H,25,27)/t15-/m1/s1. The summed E-state index contributed by atoms with van der Waals surface area (Å²) in [6.07, 6.45) is 3.86. The lowest BCUT2D eigenvalue weighted by atomic mass is 9.87. The van der Waals surface area contributed by atoms with Gasteiger partial charge in [0.1, 0.15) is 18.2 Å². The molecular formula is C22H18N4O2S. The maximum absolute atomic E-state index is 12.6. The highest BCUT2D eigenvalue weighted by molar-refractivity contribution is 7.20. The van der Waals surface area contributed by atoms with Gasteiger partial charge >= 0.3 is 0 Å². The fraction of sp³-hybridized carbons (Fsp3) is 0.136. The van der Waals surface area contributed by atoms with Gasteiger partial charge in [0.05, 0.1) is 16.4 Å². The van der Waals surface area contributed by atoms with Crippen molar-refractivity contribution in [1.29, 1.82) is 0 Å². The topological polar surface area (TPSA) is 69.0 Å². The van der Waals surface area contributed by atoms with Crippen molar-refractivity contribution in [3.05, 3.63) is 78.5 Å². The summed E-state index contributed by atoms with van der Waals surface area (Å²) in [5.74, 6) is 1.24. The summed E-state index contributed by atoms with van der Waals surface area (Å²) in [6, 6.07) is 15.8. The number of carbonyl (C=O) groups is 1. The summed E-state index contributed by atoms with van der Waals surface area (Å²) in [5.41, 5.74) is 2.84. The summed E-state index contributed by atoms with van der Waals surface area (Å²) < 4.78 is 8.63. The minimum atomic E-state index is -0.136. The van der Waals surface area contributed by atoms with Crippen molar-refractivity contribution in [2.45, 2.75) is 12.3 Å². The molecule has 6 nitrogen and oxygen atoms in total. The maximum atomic E-state index is 12.6. The fourth-order valence-electron chi connectivity index (χ4n) is 3.64. The number of anilines is 1. The first-order chi connectivity index (χ1) is 14.2. The van der Waals surface area contributed by atoms with Gasteiger partial charge in [-0.05, 0) is 18.2 Å². The third kappa shape index (κ3) is 3.09. The van der Waals surface area contributed by atoms with Crippen molar-refractivity contribution < 1.29 is 9.53 Å². The Hall–Kier alpha value is -3.45. The molecule has 0 bridgehead atoms. The number of hydrogen-bond donors (Lipinski definition) is 1. The van der Waals surface area contributed by atoms with Crippen molar-refractivity contribution in [3.63, 3.8) is 0 Å². The summed E-state index contributed by atoms with van der Waals surface area (Å²) >= 11 is 1.54. The lowest BCUT2D eigenvalue weighted by molar-refractivity contribution is -0.116. The molecule has 144 valence electrons. The molecule has 1 atom stereocenters. The molecule has 1 aliphatic rings. The second kappa shape index (κ2) is 7.18. The van der Waals surface area contributed by atoms with Crippen LogP contribution in [0.1, 0.15) is 23.5 Å². The van der Waals surface area contributed by atoms with Crippen LogP contribution >= 0.6 is 11.3 Å². The Kier molecular flexibility index (Phi) is 4.37. The van der Waals surface area contributed by atoms with Gasteiger partial charge in [0, 0.05) is 23.5 Å². The number of benzene rings is 2. The van der Waals surface area contributed by atoms with Gasteiger partial charge in [-0.3, -0.25) is 4.79 Å². The Morgan fingerprint density at radius 3 is 2.90 bits per heavy atom. The number of thiazole rings is 1. The van der Waals surface area contributed by atoms with Crippen LogP contribution in [-0.2, 0) is 4.79 Å². The zero-order chi connectivity index (χ0) is 19.8. The normalized spacial score (nSPS) is 15.7. The molecule has 0 saturated heterocycles. The van der Waals surface area contributed by atoms with Crippen LogP contribution in [0.15, 0.2) is 67.4 Å². The smallest absolute Gasteiger partial charge is 0.226 e. The zero-order valence-corrected chi connectivity index (χ0v) is 16.4. The van der Waals surface area contributed by atoms with E-state index in [1.54, 1.807) is 22.1 Å². The molecule has 0 unspecified atom stereocenters. The van der Waals surface area contributed by atoms with Gasteiger partial charge in [0.15, 0.2) is 0 Å². The molecule has 0 aliphatic carbocycles. The van der Waals surface area contributed by atoms with Gasteiger partial charge in [-0.25, -0.2) is 4.98 Å². The van der Waals surface area contributed by atoms with E-state index in [0.29, 0.717) is 18.8 Å². The number of para-hydroxylation sites is 2. The van der Waals surface area contributed by atoms with E-state index in [4.69, 9.17) is 4.74 Å². The second-order valence-electron chi connectivity index (χ2n) is 6.77. The third-order valence-electron chi connectivity index (χ3n) is 4.94. The molecular weight excluding hydrogens is 384 g/mol. The summed E-state index contributed by atoms with van der Waals surface area (Å²) in [5, 5.41) is 8.27. The van der Waals surface area contributed by atoms with Gasteiger partial charge in [0.2, 0.25) is 11.0 Å². The van der Waals surface area contributed by atoms with Gasteiger partial charge in [-0.2, -0.15) is 9.78 Å². The Balaban J connectivity index is 1.60. The van der Waals surface area contributed by atoms with Crippen molar-refractivity contribution in [1.82, 2.24) is 14.8 Å². The Bertz CT molecular complexity index is 1190. The second-order valence-corrected chi connectivity index (χ2v) is 7.78. The monoisotopic (exact) mass is 402 g/mol. The average molecular weight is 402 g/mol. The van der Waals surface area contributed by atoms with Crippen molar-refractivity contribution in [3.8, 4) is 10.9 Å². The van der Waals surface area contributed by atoms with E-state index < -0.39 is 0 Å². The SMILES string of the molecule is C=CCOc1ccccc1[C@H]1CC(=O)Nc2c1cnn2-c1nc2ccccc2s1. The molecule has 2 aromatic carbocycles. The lowest BCUT2D eigenvalue weighted by Crippen LogP contribution is -2.24. The number of amides is 1. The predicted octanol–water partition coefficient (Wildman–Crippen LogP) is 4.52. The van der Waals surface area contributed by atoms with E-state index in [1.165, 1.54) is 0 Å². The van der Waals surface area contributed by atoms with Crippen LogP contribution in [0.5, 0.6) is 5.75 Å². The van der Waals surface area contributed by atoms with Crippen LogP contribution in [0.25, 0.3) is 15.3 Å². The van der Waals surface area contributed by atoms with Crippen molar-refractivity contribution >= 4 is 33.3 Å². The number of fused-ring (bicyclic) bond motifs is 2. The predicted molar refractivity (Wildman–Crippen MR) is 114 cm³/mol. The number of carbonyl (C=O) groups excluding carboxylic acids is 1. The number of rotatable bonds is 5. The molecule has 29 heavy (non-hydrogen) atoms. The molecule has 5 rings (SSSR count). The number of aromatic nitrogens is 3. The molecule has 1 aliphatic heterocycles. The van der Waals surface area contributed by atoms with Gasteiger partial charge in [-0.1, -0.05) is 54.3 Å². The molecule has 0 spiro atoms. The Morgan fingerprint density at radius 1 is 1.21 bits per heavy atom. The largest absolute Gasteiger partial charge is 0.489 e. The highest BCUT2D eigenvalue weighted by Crippen LogP contribution is 2.41. The van der Waals surface area contributed by atoms with Crippen LogP contribution in [-0.4, -0.2) is 27.3 Å². The molecule has 0 fully saturated rings. The Morgan fingerprint density at radius 2 is 2.03 bits per heavy atom.